The molecule has 1 aliphatic carbocycles. The maximum atomic E-state index is 10.3. The van der Waals surface area contributed by atoms with Gasteiger partial charge in [-0.15, -0.1) is 0 Å². The number of hydrogen-bond acceptors (Lipinski definition) is 2. The van der Waals surface area contributed by atoms with Crippen LogP contribution >= 0.6 is 31.9 Å². The Bertz CT molecular complexity index is 804. The highest BCUT2D eigenvalue weighted by molar-refractivity contribution is 9.11. The van der Waals surface area contributed by atoms with E-state index in [0.29, 0.717) is 12.0 Å². The molecule has 0 heterocycles. The average molecular weight is 504 g/mol. The molecule has 28 heavy (non-hydrogen) atoms. The zero-order valence-electron chi connectivity index (χ0n) is 16.7. The van der Waals surface area contributed by atoms with E-state index in [9.17, 15) is 5.26 Å². The zero-order valence-corrected chi connectivity index (χ0v) is 19.8. The summed E-state index contributed by atoms with van der Waals surface area (Å²) in [6.07, 6.45) is 4.22. The fraction of sp³-hybridized carbons (Fsp3) is 0.458. The predicted molar refractivity (Wildman–Crippen MR) is 123 cm³/mol. The van der Waals surface area contributed by atoms with Crippen LogP contribution in [0, 0.1) is 17.2 Å². The smallest absolute Gasteiger partial charge is 0.0872 e. The van der Waals surface area contributed by atoms with Gasteiger partial charge in [-0.2, -0.15) is 5.26 Å². The Morgan fingerprint density at radius 2 is 1.71 bits per heavy atom. The molecular formula is C24H28Br2N2. The molecule has 1 fully saturated rings. The van der Waals surface area contributed by atoms with Crippen LogP contribution in [-0.4, -0.2) is 17.5 Å². The van der Waals surface area contributed by atoms with Crippen molar-refractivity contribution in [1.82, 2.24) is 4.90 Å². The second kappa shape index (κ2) is 9.57. The topological polar surface area (TPSA) is 27.0 Å². The number of hydrogen-bond donors (Lipinski definition) is 0. The van der Waals surface area contributed by atoms with Gasteiger partial charge in [-0.3, -0.25) is 4.90 Å². The van der Waals surface area contributed by atoms with Crippen LogP contribution in [-0.2, 0) is 12.0 Å². The lowest BCUT2D eigenvalue weighted by molar-refractivity contribution is 0.202. The highest BCUT2D eigenvalue weighted by Crippen LogP contribution is 2.53. The highest BCUT2D eigenvalue weighted by Gasteiger charge is 2.48. The van der Waals surface area contributed by atoms with Gasteiger partial charge >= 0.3 is 0 Å². The Labute approximate surface area is 186 Å². The van der Waals surface area contributed by atoms with Crippen molar-refractivity contribution in [3.8, 4) is 6.07 Å². The number of rotatable bonds is 9. The fourth-order valence-corrected chi connectivity index (χ4v) is 5.84. The molecule has 2 nitrogen and oxygen atoms in total. The van der Waals surface area contributed by atoms with Gasteiger partial charge in [0.25, 0.3) is 0 Å². The van der Waals surface area contributed by atoms with Gasteiger partial charge in [0, 0.05) is 27.1 Å². The van der Waals surface area contributed by atoms with Crippen molar-refractivity contribution >= 4 is 31.9 Å². The van der Waals surface area contributed by atoms with Crippen molar-refractivity contribution < 1.29 is 0 Å². The summed E-state index contributed by atoms with van der Waals surface area (Å²) in [5, 5.41) is 10.3. The lowest BCUT2D eigenvalue weighted by Gasteiger charge is -2.32. The van der Waals surface area contributed by atoms with E-state index in [4.69, 9.17) is 0 Å². The number of nitrogens with zero attached hydrogens (tertiary/aromatic N) is 2. The number of nitriles is 1. The van der Waals surface area contributed by atoms with E-state index in [1.165, 1.54) is 5.56 Å². The first-order valence-electron chi connectivity index (χ1n) is 10.1. The largest absolute Gasteiger partial charge is 0.297 e. The molecule has 0 radical (unpaired) electrons. The quantitative estimate of drug-likeness (QED) is 0.365. The molecule has 0 bridgehead atoms. The SMILES string of the molecule is CC(C)N(CCCC(C#N)(c1c(Br)cccc1Br)C1CC1)Cc1ccccc1. The fourth-order valence-electron chi connectivity index (χ4n) is 4.14. The van der Waals surface area contributed by atoms with E-state index in [2.05, 4.69) is 99.1 Å². The summed E-state index contributed by atoms with van der Waals surface area (Å²) in [5.74, 6) is 0.467. The summed E-state index contributed by atoms with van der Waals surface area (Å²) < 4.78 is 2.08. The lowest BCUT2D eigenvalue weighted by atomic mass is 9.73. The minimum atomic E-state index is -0.408. The Balaban J connectivity index is 1.75. The third kappa shape index (κ3) is 4.87. The molecule has 0 saturated heterocycles. The van der Waals surface area contributed by atoms with Gasteiger partial charge in [-0.1, -0.05) is 68.3 Å². The molecule has 1 atom stereocenters. The molecule has 148 valence electrons. The van der Waals surface area contributed by atoms with Crippen molar-refractivity contribution in [2.75, 3.05) is 6.54 Å². The summed E-state index contributed by atoms with van der Waals surface area (Å²) in [7, 11) is 0. The summed E-state index contributed by atoms with van der Waals surface area (Å²) >= 11 is 7.43. The Morgan fingerprint density at radius 3 is 2.25 bits per heavy atom. The normalized spacial score (nSPS) is 16.2. The summed E-state index contributed by atoms with van der Waals surface area (Å²) in [4.78, 5) is 2.51. The molecule has 2 aromatic rings. The average Bonchev–Trinajstić information content (AvgIpc) is 3.52. The van der Waals surface area contributed by atoms with E-state index in [1.807, 2.05) is 6.07 Å². The Morgan fingerprint density at radius 1 is 1.07 bits per heavy atom. The van der Waals surface area contributed by atoms with Crippen LogP contribution in [0.3, 0.4) is 0 Å². The van der Waals surface area contributed by atoms with E-state index < -0.39 is 5.41 Å². The van der Waals surface area contributed by atoms with Crippen molar-refractivity contribution in [2.24, 2.45) is 5.92 Å². The van der Waals surface area contributed by atoms with Crippen molar-refractivity contribution in [3.05, 3.63) is 68.6 Å². The van der Waals surface area contributed by atoms with Gasteiger partial charge in [0.15, 0.2) is 0 Å². The second-order valence-corrected chi connectivity index (χ2v) is 9.82. The van der Waals surface area contributed by atoms with Gasteiger partial charge in [0.2, 0.25) is 0 Å². The van der Waals surface area contributed by atoms with Gasteiger partial charge in [0.05, 0.1) is 11.5 Å². The number of benzene rings is 2. The van der Waals surface area contributed by atoms with E-state index >= 15 is 0 Å². The number of halogens is 2. The van der Waals surface area contributed by atoms with Gasteiger partial charge in [-0.25, -0.2) is 0 Å². The molecule has 0 spiro atoms. The van der Waals surface area contributed by atoms with Crippen molar-refractivity contribution in [3.63, 3.8) is 0 Å². The van der Waals surface area contributed by atoms with Crippen LogP contribution in [0.1, 0.15) is 50.7 Å². The molecule has 4 heteroatoms. The summed E-state index contributed by atoms with van der Waals surface area (Å²) in [6, 6.07) is 20.0. The van der Waals surface area contributed by atoms with Crippen LogP contribution in [0.2, 0.25) is 0 Å². The summed E-state index contributed by atoms with van der Waals surface area (Å²) in [5.41, 5.74) is 2.08. The minimum Gasteiger partial charge on any atom is -0.297 e. The lowest BCUT2D eigenvalue weighted by Crippen LogP contribution is -2.34. The molecule has 1 unspecified atom stereocenters. The van der Waals surface area contributed by atoms with Crippen molar-refractivity contribution in [2.45, 2.75) is 57.5 Å². The minimum absolute atomic E-state index is 0.408. The zero-order chi connectivity index (χ0) is 20.1. The van der Waals surface area contributed by atoms with Crippen LogP contribution < -0.4 is 0 Å². The third-order valence-corrected chi connectivity index (χ3v) is 7.18. The Kier molecular flexibility index (Phi) is 7.36. The Hall–Kier alpha value is -1.15. The van der Waals surface area contributed by atoms with Crippen LogP contribution in [0.4, 0.5) is 0 Å². The molecule has 0 aliphatic heterocycles. The molecule has 0 amide bonds. The molecule has 0 N–H and O–H groups in total. The molecule has 3 rings (SSSR count). The van der Waals surface area contributed by atoms with Gasteiger partial charge < -0.3 is 0 Å². The molecular weight excluding hydrogens is 476 g/mol. The van der Waals surface area contributed by atoms with E-state index in [-0.39, 0.29) is 0 Å². The molecule has 1 aliphatic rings. The molecule has 1 saturated carbocycles. The maximum absolute atomic E-state index is 10.3. The van der Waals surface area contributed by atoms with Crippen molar-refractivity contribution in [1.29, 1.82) is 5.26 Å². The summed E-state index contributed by atoms with van der Waals surface area (Å²) in [6.45, 7) is 6.47. The predicted octanol–water partition coefficient (Wildman–Crippen LogP) is 7.07. The molecule has 0 aromatic heterocycles. The van der Waals surface area contributed by atoms with E-state index in [1.54, 1.807) is 0 Å². The molecule has 2 aromatic carbocycles. The first-order chi connectivity index (χ1) is 13.5. The standard InChI is InChI=1S/C24H28Br2N2/c1-18(2)28(16-19-8-4-3-5-9-19)15-7-14-24(17-27,20-12-13-20)23-21(25)10-6-11-22(23)26/h3-6,8-11,18,20H,7,12-16H2,1-2H3. The van der Waals surface area contributed by atoms with Gasteiger partial charge in [0.1, 0.15) is 0 Å². The first-order valence-corrected chi connectivity index (χ1v) is 11.7. The van der Waals surface area contributed by atoms with E-state index in [0.717, 1.165) is 53.3 Å². The van der Waals surface area contributed by atoms with Crippen LogP contribution in [0.25, 0.3) is 0 Å². The van der Waals surface area contributed by atoms with Crippen LogP contribution in [0.5, 0.6) is 0 Å². The maximum Gasteiger partial charge on any atom is 0.0872 e. The van der Waals surface area contributed by atoms with Gasteiger partial charge in [-0.05, 0) is 69.7 Å². The monoisotopic (exact) mass is 502 g/mol. The highest BCUT2D eigenvalue weighted by atomic mass is 79.9. The third-order valence-electron chi connectivity index (χ3n) is 5.86. The second-order valence-electron chi connectivity index (χ2n) is 8.11. The van der Waals surface area contributed by atoms with Crippen LogP contribution in [0.15, 0.2) is 57.5 Å². The first kappa shape index (κ1) is 21.6.